The maximum absolute atomic E-state index is 12.4. The number of hydrogen-bond donors (Lipinski definition) is 1. The van der Waals surface area contributed by atoms with Gasteiger partial charge >= 0.3 is 0 Å². The van der Waals surface area contributed by atoms with Crippen LogP contribution in [0.4, 0.5) is 8.78 Å². The first-order chi connectivity index (χ1) is 8.58. The molecule has 0 spiro atoms. The van der Waals surface area contributed by atoms with E-state index in [1.165, 1.54) is 24.3 Å². The highest BCUT2D eigenvalue weighted by Gasteiger charge is 2.13. The minimum atomic E-state index is -2.48. The molecule has 18 heavy (non-hydrogen) atoms. The van der Waals surface area contributed by atoms with Crippen LogP contribution < -0.4 is 0 Å². The summed E-state index contributed by atoms with van der Waals surface area (Å²) in [5.74, 6) is 0.750. The smallest absolute Gasteiger partial charge is 0.263 e. The van der Waals surface area contributed by atoms with Crippen molar-refractivity contribution < 1.29 is 13.9 Å². The Morgan fingerprint density at radius 1 is 1.22 bits per heavy atom. The number of imidazole rings is 1. The summed E-state index contributed by atoms with van der Waals surface area (Å²) in [6, 6.07) is 5.72. The van der Waals surface area contributed by atoms with Gasteiger partial charge in [-0.15, -0.1) is 0 Å². The van der Waals surface area contributed by atoms with Gasteiger partial charge in [0.2, 0.25) is 0 Å². The van der Waals surface area contributed by atoms with E-state index in [-0.39, 0.29) is 5.56 Å². The lowest BCUT2D eigenvalue weighted by Crippen LogP contribution is -2.06. The van der Waals surface area contributed by atoms with E-state index in [1.807, 2.05) is 11.6 Å². The van der Waals surface area contributed by atoms with Crippen molar-refractivity contribution in [2.75, 3.05) is 0 Å². The number of aromatic nitrogens is 2. The highest BCUT2D eigenvalue weighted by atomic mass is 19.3. The molecule has 0 fully saturated rings. The minimum absolute atomic E-state index is 0.0389. The molecule has 2 rings (SSSR count). The maximum Gasteiger partial charge on any atom is 0.263 e. The van der Waals surface area contributed by atoms with E-state index in [1.54, 1.807) is 12.4 Å². The predicted octanol–water partition coefficient (Wildman–Crippen LogP) is 2.63. The van der Waals surface area contributed by atoms with Gasteiger partial charge in [-0.2, -0.15) is 0 Å². The van der Waals surface area contributed by atoms with Crippen LogP contribution in [0, 0.1) is 0 Å². The molecule has 1 N–H and O–H groups in total. The van der Waals surface area contributed by atoms with Crippen molar-refractivity contribution in [2.45, 2.75) is 19.0 Å². The molecule has 0 aliphatic carbocycles. The maximum atomic E-state index is 12.4. The number of alkyl halides is 2. The highest BCUT2D eigenvalue weighted by molar-refractivity contribution is 5.25. The van der Waals surface area contributed by atoms with Crippen LogP contribution in [0.5, 0.6) is 0 Å². The first-order valence-electron chi connectivity index (χ1n) is 5.60. The lowest BCUT2D eigenvalue weighted by atomic mass is 10.0. The van der Waals surface area contributed by atoms with E-state index in [4.69, 9.17) is 0 Å². The summed E-state index contributed by atoms with van der Waals surface area (Å²) in [6.07, 6.45) is 0.588. The Labute approximate surface area is 104 Å². The van der Waals surface area contributed by atoms with Crippen LogP contribution in [0.3, 0.4) is 0 Å². The van der Waals surface area contributed by atoms with Gasteiger partial charge in [0, 0.05) is 31.4 Å². The summed E-state index contributed by atoms with van der Waals surface area (Å²) >= 11 is 0. The second-order valence-corrected chi connectivity index (χ2v) is 4.14. The molecule has 1 atom stereocenters. The van der Waals surface area contributed by atoms with Crippen molar-refractivity contribution in [1.82, 2.24) is 9.55 Å². The standard InChI is InChI=1S/C13H14F2N2O/c1-17-7-6-16-12(17)8-11(18)9-2-4-10(5-3-9)13(14)15/h2-7,11,13,18H,8H2,1H3. The van der Waals surface area contributed by atoms with Gasteiger partial charge in [-0.25, -0.2) is 13.8 Å². The van der Waals surface area contributed by atoms with Crippen LogP contribution in [0.2, 0.25) is 0 Å². The van der Waals surface area contributed by atoms with Crippen molar-refractivity contribution in [2.24, 2.45) is 7.05 Å². The van der Waals surface area contributed by atoms with Crippen LogP contribution in [-0.2, 0) is 13.5 Å². The zero-order valence-electron chi connectivity index (χ0n) is 9.92. The quantitative estimate of drug-likeness (QED) is 0.908. The summed E-state index contributed by atoms with van der Waals surface area (Å²) in [5, 5.41) is 10.0. The molecule has 3 nitrogen and oxygen atoms in total. The number of aliphatic hydroxyl groups is 1. The third-order valence-corrected chi connectivity index (χ3v) is 2.87. The van der Waals surface area contributed by atoms with E-state index >= 15 is 0 Å². The monoisotopic (exact) mass is 252 g/mol. The third kappa shape index (κ3) is 2.73. The summed E-state index contributed by atoms with van der Waals surface area (Å²) < 4.78 is 26.6. The zero-order valence-corrected chi connectivity index (χ0v) is 9.92. The first-order valence-corrected chi connectivity index (χ1v) is 5.60. The normalized spacial score (nSPS) is 12.9. The van der Waals surface area contributed by atoms with E-state index in [0.717, 1.165) is 5.82 Å². The van der Waals surface area contributed by atoms with Gasteiger partial charge in [0.15, 0.2) is 0 Å². The largest absolute Gasteiger partial charge is 0.388 e. The molecule has 1 aromatic carbocycles. The summed E-state index contributed by atoms with van der Waals surface area (Å²) in [7, 11) is 1.84. The summed E-state index contributed by atoms with van der Waals surface area (Å²) in [4.78, 5) is 4.11. The van der Waals surface area contributed by atoms with Crippen LogP contribution in [0.15, 0.2) is 36.7 Å². The van der Waals surface area contributed by atoms with Crippen LogP contribution >= 0.6 is 0 Å². The molecular weight excluding hydrogens is 238 g/mol. The van der Waals surface area contributed by atoms with E-state index in [0.29, 0.717) is 12.0 Å². The van der Waals surface area contributed by atoms with Gasteiger partial charge in [0.25, 0.3) is 6.43 Å². The Bertz CT molecular complexity index is 508. The van der Waals surface area contributed by atoms with Crippen molar-refractivity contribution in [1.29, 1.82) is 0 Å². The van der Waals surface area contributed by atoms with Gasteiger partial charge in [0.1, 0.15) is 5.82 Å². The molecule has 0 aliphatic heterocycles. The van der Waals surface area contributed by atoms with Crippen molar-refractivity contribution in [3.05, 3.63) is 53.6 Å². The average molecular weight is 252 g/mol. The van der Waals surface area contributed by atoms with Crippen LogP contribution in [0.1, 0.15) is 29.5 Å². The molecule has 0 saturated carbocycles. The molecule has 0 saturated heterocycles. The Hall–Kier alpha value is -1.75. The number of aliphatic hydroxyl groups excluding tert-OH is 1. The van der Waals surface area contributed by atoms with Crippen molar-refractivity contribution in [3.63, 3.8) is 0 Å². The fourth-order valence-electron chi connectivity index (χ4n) is 1.75. The van der Waals surface area contributed by atoms with Gasteiger partial charge in [-0.3, -0.25) is 0 Å². The Kier molecular flexibility index (Phi) is 3.72. The topological polar surface area (TPSA) is 38.0 Å². The Balaban J connectivity index is 2.09. The molecule has 0 aliphatic rings. The lowest BCUT2D eigenvalue weighted by Gasteiger charge is -2.11. The summed E-state index contributed by atoms with van der Waals surface area (Å²) in [6.45, 7) is 0. The molecule has 0 amide bonds. The number of aryl methyl sites for hydroxylation is 1. The minimum Gasteiger partial charge on any atom is -0.388 e. The highest BCUT2D eigenvalue weighted by Crippen LogP contribution is 2.22. The molecule has 1 aromatic heterocycles. The van der Waals surface area contributed by atoms with E-state index in [2.05, 4.69) is 4.98 Å². The van der Waals surface area contributed by atoms with Crippen LogP contribution in [-0.4, -0.2) is 14.7 Å². The van der Waals surface area contributed by atoms with E-state index < -0.39 is 12.5 Å². The fraction of sp³-hybridized carbons (Fsp3) is 0.308. The van der Waals surface area contributed by atoms with E-state index in [9.17, 15) is 13.9 Å². The van der Waals surface area contributed by atoms with Gasteiger partial charge in [-0.05, 0) is 5.56 Å². The lowest BCUT2D eigenvalue weighted by molar-refractivity contribution is 0.150. The Morgan fingerprint density at radius 2 is 1.83 bits per heavy atom. The van der Waals surface area contributed by atoms with Crippen molar-refractivity contribution in [3.8, 4) is 0 Å². The number of nitrogens with zero attached hydrogens (tertiary/aromatic N) is 2. The molecule has 1 heterocycles. The number of benzene rings is 1. The number of rotatable bonds is 4. The molecule has 1 unspecified atom stereocenters. The molecule has 0 bridgehead atoms. The number of halogens is 2. The van der Waals surface area contributed by atoms with Crippen molar-refractivity contribution >= 4 is 0 Å². The SMILES string of the molecule is Cn1ccnc1CC(O)c1ccc(C(F)F)cc1. The molecule has 5 heteroatoms. The average Bonchev–Trinajstić information content (AvgIpc) is 2.75. The van der Waals surface area contributed by atoms with Gasteiger partial charge in [0.05, 0.1) is 6.10 Å². The summed E-state index contributed by atoms with van der Waals surface area (Å²) in [5.41, 5.74) is 0.574. The molecular formula is C13H14F2N2O. The molecule has 2 aromatic rings. The Morgan fingerprint density at radius 3 is 2.33 bits per heavy atom. The number of hydrogen-bond acceptors (Lipinski definition) is 2. The zero-order chi connectivity index (χ0) is 13.1. The fourth-order valence-corrected chi connectivity index (χ4v) is 1.75. The second kappa shape index (κ2) is 5.27. The third-order valence-electron chi connectivity index (χ3n) is 2.87. The molecule has 96 valence electrons. The van der Waals surface area contributed by atoms with Gasteiger partial charge < -0.3 is 9.67 Å². The molecule has 0 radical (unpaired) electrons. The predicted molar refractivity (Wildman–Crippen MR) is 63.3 cm³/mol. The van der Waals surface area contributed by atoms with Crippen LogP contribution in [0.25, 0.3) is 0 Å². The second-order valence-electron chi connectivity index (χ2n) is 4.14. The van der Waals surface area contributed by atoms with Gasteiger partial charge in [-0.1, -0.05) is 24.3 Å². The first kappa shape index (κ1) is 12.7.